The number of hydrogen-bond acceptors (Lipinski definition) is 17. The van der Waals surface area contributed by atoms with E-state index in [1.807, 2.05) is 0 Å². The number of guanidine groups is 1. The lowest BCUT2D eigenvalue weighted by molar-refractivity contribution is -0.168. The van der Waals surface area contributed by atoms with Crippen molar-refractivity contribution in [2.75, 3.05) is 26.5 Å². The summed E-state index contributed by atoms with van der Waals surface area (Å²) in [5, 5.41) is 31.2. The van der Waals surface area contributed by atoms with Crippen LogP contribution in [-0.2, 0) is 73.6 Å². The molecule has 394 valence electrons. The summed E-state index contributed by atoms with van der Waals surface area (Å²) in [6.45, 7) is 6.26. The van der Waals surface area contributed by atoms with Crippen molar-refractivity contribution < 1.29 is 78.3 Å². The van der Waals surface area contributed by atoms with Gasteiger partial charge in [-0.25, -0.2) is 8.98 Å². The summed E-state index contributed by atoms with van der Waals surface area (Å²) in [4.78, 5) is 107. The van der Waals surface area contributed by atoms with Crippen molar-refractivity contribution in [3.8, 4) is 5.75 Å². The number of benzene rings is 1. The van der Waals surface area contributed by atoms with Gasteiger partial charge in [0.05, 0.1) is 11.3 Å². The van der Waals surface area contributed by atoms with Crippen LogP contribution in [0.25, 0.3) is 0 Å². The number of nitrogens with two attached hydrogens (primary N) is 2. The lowest BCUT2D eigenvalue weighted by atomic mass is 9.91. The van der Waals surface area contributed by atoms with E-state index in [-0.39, 0.29) is 68.2 Å². The highest BCUT2D eigenvalue weighted by molar-refractivity contribution is 7.86. The number of aliphatic hydroxyl groups is 1. The average molecular weight is 1050 g/mol. The zero-order valence-corrected chi connectivity index (χ0v) is 42.1. The quantitative estimate of drug-likeness (QED) is 0.0202. The highest BCUT2D eigenvalue weighted by atomic mass is 35.5. The Balaban J connectivity index is 2.31. The summed E-state index contributed by atoms with van der Waals surface area (Å²) in [5.41, 5.74) is 11.3. The number of carbonyl (C=O) groups is 7. The van der Waals surface area contributed by atoms with Gasteiger partial charge in [0.15, 0.2) is 12.1 Å². The molecule has 2 aliphatic rings. The smallest absolute Gasteiger partial charge is 0.398 e. The molecule has 2 saturated heterocycles. The van der Waals surface area contributed by atoms with Crippen molar-refractivity contribution in [2.45, 2.75) is 134 Å². The van der Waals surface area contributed by atoms with Gasteiger partial charge in [0, 0.05) is 20.0 Å². The number of hydrogen-bond donors (Lipinski definition) is 9. The van der Waals surface area contributed by atoms with E-state index >= 15 is 0 Å². The number of esters is 1. The van der Waals surface area contributed by atoms with Gasteiger partial charge >= 0.3 is 16.4 Å². The molecule has 6 amide bonds. The number of phenols is 1. The fourth-order valence-corrected chi connectivity index (χ4v) is 8.57. The highest BCUT2D eigenvalue weighted by Crippen LogP contribution is 2.29. The maximum atomic E-state index is 14.9. The van der Waals surface area contributed by atoms with Crippen LogP contribution in [0.4, 0.5) is 0 Å². The molecule has 0 aromatic heterocycles. The molecule has 1 aromatic rings. The second kappa shape index (κ2) is 25.6. The van der Waals surface area contributed by atoms with Gasteiger partial charge in [0.1, 0.15) is 60.9 Å². The zero-order chi connectivity index (χ0) is 53.0. The molecule has 0 spiro atoms. The molecule has 70 heavy (non-hydrogen) atoms. The van der Waals surface area contributed by atoms with Crippen LogP contribution < -0.4 is 32.7 Å². The first-order valence-corrected chi connectivity index (χ1v) is 25.8. The fourth-order valence-electron chi connectivity index (χ4n) is 7.56. The second-order valence-electron chi connectivity index (χ2n) is 17.2. The van der Waals surface area contributed by atoms with Crippen LogP contribution in [0, 0.1) is 11.8 Å². The molecule has 2 aliphatic heterocycles. The normalized spacial score (nSPS) is 26.0. The van der Waals surface area contributed by atoms with Gasteiger partial charge in [-0.05, 0) is 62.1 Å². The third-order valence-corrected chi connectivity index (χ3v) is 13.2. The summed E-state index contributed by atoms with van der Waals surface area (Å²) in [6.07, 6.45) is -5.70. The minimum absolute atomic E-state index is 0.000879. The number of ether oxygens (including phenoxy) is 1. The minimum atomic E-state index is -5.52. The van der Waals surface area contributed by atoms with E-state index in [2.05, 4.69) is 34.6 Å². The SMILES string of the molecule is CCC(C)C1NC(=O)C(Cc2ccc(O)c(Cl)c2)N(C)C(=O)C(C(C)CC)N2C(=O)C(CCC2O)NC(=O)C(CCCN=C(N)N)NC(=O)C(NC(=O)C(COS(C)(=O)=O)OS(=O)(=O)O)C(C)OC1=O. The zero-order valence-electron chi connectivity index (χ0n) is 39.7. The Kier molecular flexibility index (Phi) is 21.6. The Labute approximate surface area is 411 Å². The highest BCUT2D eigenvalue weighted by Gasteiger charge is 2.47. The number of nitrogens with zero attached hydrogens (tertiary/aromatic N) is 3. The molecular formula is C41H64ClN9O17S2. The van der Waals surface area contributed by atoms with Crippen LogP contribution in [0.3, 0.4) is 0 Å². The summed E-state index contributed by atoms with van der Waals surface area (Å²) in [5.74, 6) is -9.79. The average Bonchev–Trinajstić information content (AvgIpc) is 3.27. The van der Waals surface area contributed by atoms with Gasteiger partial charge in [0.2, 0.25) is 29.5 Å². The van der Waals surface area contributed by atoms with E-state index in [1.165, 1.54) is 25.2 Å². The summed E-state index contributed by atoms with van der Waals surface area (Å²) < 4.78 is 71.2. The van der Waals surface area contributed by atoms with E-state index in [9.17, 15) is 65.2 Å². The maximum Gasteiger partial charge on any atom is 0.398 e. The molecule has 2 fully saturated rings. The van der Waals surface area contributed by atoms with E-state index < -0.39 is 135 Å². The topological polar surface area (TPSA) is 395 Å². The standard InChI is InChI=1S/C41H64ClN9O17S2/c1-8-20(3)31-40(60)67-22(5)32(49-36(56)29(68-70(63,64)65)19-66-69(7,61)62)37(57)46-25(11-10-16-45-41(43)44)34(54)47-26-13-15-30(53)51(38(26)58)33(21(4)9-2)39(59)50(6)27(35(55)48-31)18-23-12-14-28(52)24(42)17-23/h12,14,17,20-22,25-27,29-33,52-53H,8-11,13,15-16,18-19H2,1-7H3,(H,46,57)(H,47,54)(H,48,55)(H,49,56)(H4,43,44,45)(H,63,64,65). The Hall–Kier alpha value is -5.39. The van der Waals surface area contributed by atoms with Gasteiger partial charge in [-0.2, -0.15) is 16.8 Å². The number of piperidine rings is 1. The van der Waals surface area contributed by atoms with Crippen LogP contribution >= 0.6 is 11.6 Å². The number of fused-ring (bicyclic) bond motifs is 2. The number of aromatic hydroxyl groups is 1. The van der Waals surface area contributed by atoms with E-state index in [0.29, 0.717) is 11.8 Å². The number of halogens is 1. The molecule has 0 radical (unpaired) electrons. The number of carbonyl (C=O) groups excluding carboxylic acids is 7. The molecule has 29 heteroatoms. The van der Waals surface area contributed by atoms with Crippen molar-refractivity contribution in [2.24, 2.45) is 28.3 Å². The predicted molar refractivity (Wildman–Crippen MR) is 249 cm³/mol. The monoisotopic (exact) mass is 1050 g/mol. The van der Waals surface area contributed by atoms with Gasteiger partial charge < -0.3 is 57.5 Å². The largest absolute Gasteiger partial charge is 0.506 e. The molecule has 3 rings (SSSR count). The number of amides is 6. The number of nitrogens with one attached hydrogen (secondary N) is 4. The molecule has 1 aromatic carbocycles. The van der Waals surface area contributed by atoms with Crippen LogP contribution in [-0.4, -0.2) is 170 Å². The second-order valence-corrected chi connectivity index (χ2v) is 20.3. The first kappa shape index (κ1) is 58.9. The van der Waals surface area contributed by atoms with Crippen molar-refractivity contribution in [3.63, 3.8) is 0 Å². The molecule has 11 atom stereocenters. The van der Waals surface area contributed by atoms with Crippen molar-refractivity contribution in [3.05, 3.63) is 28.8 Å². The van der Waals surface area contributed by atoms with Crippen molar-refractivity contribution in [1.29, 1.82) is 0 Å². The number of likely N-dealkylation sites (N-methyl/N-ethyl adjacent to an activating group) is 1. The van der Waals surface area contributed by atoms with Gasteiger partial charge in [-0.3, -0.25) is 42.5 Å². The fraction of sp³-hybridized carbons (Fsp3) is 0.659. The molecule has 11 N–H and O–H groups in total. The minimum Gasteiger partial charge on any atom is -0.506 e. The molecule has 11 unspecified atom stereocenters. The van der Waals surface area contributed by atoms with E-state index in [4.69, 9.17) is 27.8 Å². The molecule has 0 saturated carbocycles. The van der Waals surface area contributed by atoms with Crippen LogP contribution in [0.2, 0.25) is 5.02 Å². The van der Waals surface area contributed by atoms with Crippen LogP contribution in [0.5, 0.6) is 5.75 Å². The maximum absolute atomic E-state index is 14.9. The summed E-state index contributed by atoms with van der Waals surface area (Å²) >= 11 is 6.22. The molecular weight excluding hydrogens is 990 g/mol. The van der Waals surface area contributed by atoms with E-state index in [0.717, 1.165) is 16.7 Å². The van der Waals surface area contributed by atoms with Crippen LogP contribution in [0.1, 0.15) is 78.7 Å². The Morgan fingerprint density at radius 3 is 2.20 bits per heavy atom. The summed E-state index contributed by atoms with van der Waals surface area (Å²) in [6, 6.07) is -5.62. The number of rotatable bonds is 17. The van der Waals surface area contributed by atoms with E-state index in [1.54, 1.807) is 27.7 Å². The molecule has 2 bridgehead atoms. The van der Waals surface area contributed by atoms with Gasteiger partial charge in [-0.15, -0.1) is 0 Å². The Morgan fingerprint density at radius 2 is 1.63 bits per heavy atom. The van der Waals surface area contributed by atoms with Crippen molar-refractivity contribution in [1.82, 2.24) is 31.1 Å². The summed E-state index contributed by atoms with van der Waals surface area (Å²) in [7, 11) is -8.63. The third kappa shape index (κ3) is 16.9. The van der Waals surface area contributed by atoms with Gasteiger partial charge in [0.25, 0.3) is 16.0 Å². The molecule has 0 aliphatic carbocycles. The number of aliphatic hydroxyl groups excluding tert-OH is 1. The van der Waals surface area contributed by atoms with Gasteiger partial charge in [-0.1, -0.05) is 58.2 Å². The first-order chi connectivity index (χ1) is 32.5. The lowest BCUT2D eigenvalue weighted by Crippen LogP contribution is -2.66. The lowest BCUT2D eigenvalue weighted by Gasteiger charge is -2.44. The number of aliphatic imine (C=N–C) groups is 1. The predicted octanol–water partition coefficient (Wildman–Crippen LogP) is -2.08. The third-order valence-electron chi connectivity index (χ3n) is 11.9. The first-order valence-electron chi connectivity index (χ1n) is 22.2. The molecule has 26 nitrogen and oxygen atoms in total. The molecule has 2 heterocycles. The van der Waals surface area contributed by atoms with Crippen LogP contribution in [0.15, 0.2) is 23.2 Å². The Morgan fingerprint density at radius 1 is 0.986 bits per heavy atom. The number of phenolic OH excluding ortho intramolecular Hbond substituents is 1. The Bertz CT molecular complexity index is 2340. The number of cyclic esters (lactones) is 1. The van der Waals surface area contributed by atoms with Crippen molar-refractivity contribution >= 4 is 79.5 Å².